The van der Waals surface area contributed by atoms with Gasteiger partial charge in [0.2, 0.25) is 0 Å². The molecule has 0 bridgehead atoms. The van der Waals surface area contributed by atoms with Gasteiger partial charge in [-0.3, -0.25) is 0 Å². The van der Waals surface area contributed by atoms with E-state index in [1.165, 1.54) is 6.07 Å². The lowest BCUT2D eigenvalue weighted by Crippen LogP contribution is -2.06. The monoisotopic (exact) mass is 302 g/mol. The average molecular weight is 303 g/mol. The van der Waals surface area contributed by atoms with Crippen molar-refractivity contribution < 1.29 is 4.39 Å². The quantitative estimate of drug-likeness (QED) is 0.634. The number of aryl methyl sites for hydroxylation is 1. The molecule has 1 atom stereocenters. The Morgan fingerprint density at radius 2 is 2.05 bits per heavy atom. The van der Waals surface area contributed by atoms with E-state index in [9.17, 15) is 4.39 Å². The second-order valence-electron chi connectivity index (χ2n) is 5.29. The molecule has 1 aromatic heterocycles. The first-order valence-corrected chi connectivity index (χ1v) is 7.33. The van der Waals surface area contributed by atoms with Crippen LogP contribution in [0.3, 0.4) is 0 Å². The molecule has 0 saturated carbocycles. The van der Waals surface area contributed by atoms with Crippen LogP contribution in [0.25, 0.3) is 11.0 Å². The molecule has 0 aliphatic rings. The van der Waals surface area contributed by atoms with Crippen molar-refractivity contribution >= 4 is 22.6 Å². The van der Waals surface area contributed by atoms with Gasteiger partial charge in [0.15, 0.2) is 0 Å². The van der Waals surface area contributed by atoms with Crippen molar-refractivity contribution in [3.05, 3.63) is 65.2 Å². The molecule has 1 heterocycles. The molecule has 0 N–H and O–H groups in total. The van der Waals surface area contributed by atoms with Crippen molar-refractivity contribution in [2.45, 2.75) is 25.8 Å². The molecule has 3 rings (SSSR count). The number of rotatable bonds is 3. The number of hydrogen-bond donors (Lipinski definition) is 0. The van der Waals surface area contributed by atoms with Crippen molar-refractivity contribution in [2.24, 2.45) is 0 Å². The SMILES string of the molecule is Cc1ccc2nc(C(C)Cl)n(Cc3cccc(F)c3)c2c1. The number of alkyl halides is 1. The van der Waals surface area contributed by atoms with Crippen LogP contribution in [-0.2, 0) is 6.54 Å². The summed E-state index contributed by atoms with van der Waals surface area (Å²) in [4.78, 5) is 4.61. The summed E-state index contributed by atoms with van der Waals surface area (Å²) in [6.45, 7) is 4.50. The minimum absolute atomic E-state index is 0.203. The summed E-state index contributed by atoms with van der Waals surface area (Å²) in [6, 6.07) is 12.7. The van der Waals surface area contributed by atoms with E-state index >= 15 is 0 Å². The van der Waals surface area contributed by atoms with E-state index in [0.29, 0.717) is 6.54 Å². The van der Waals surface area contributed by atoms with E-state index in [0.717, 1.165) is 28.0 Å². The Morgan fingerprint density at radius 1 is 1.24 bits per heavy atom. The van der Waals surface area contributed by atoms with Gasteiger partial charge in [-0.25, -0.2) is 9.37 Å². The molecule has 3 aromatic rings. The molecule has 21 heavy (non-hydrogen) atoms. The molecule has 0 amide bonds. The average Bonchev–Trinajstić information content (AvgIpc) is 2.77. The predicted octanol–water partition coefficient (Wildman–Crippen LogP) is 4.83. The van der Waals surface area contributed by atoms with E-state index in [1.807, 2.05) is 32.0 Å². The Labute approximate surface area is 128 Å². The van der Waals surface area contributed by atoms with Crippen LogP contribution in [0.1, 0.15) is 29.3 Å². The molecule has 0 fully saturated rings. The first kappa shape index (κ1) is 14.1. The normalized spacial score (nSPS) is 12.8. The highest BCUT2D eigenvalue weighted by Crippen LogP contribution is 2.26. The van der Waals surface area contributed by atoms with E-state index in [1.54, 1.807) is 12.1 Å². The molecule has 2 aromatic carbocycles. The molecule has 4 heteroatoms. The summed E-state index contributed by atoms with van der Waals surface area (Å²) in [6.07, 6.45) is 0. The molecular formula is C17H16ClFN2. The second kappa shape index (κ2) is 5.49. The lowest BCUT2D eigenvalue weighted by Gasteiger charge is -2.11. The molecular weight excluding hydrogens is 287 g/mol. The largest absolute Gasteiger partial charge is 0.322 e. The summed E-state index contributed by atoms with van der Waals surface area (Å²) < 4.78 is 15.4. The first-order valence-electron chi connectivity index (χ1n) is 6.90. The minimum Gasteiger partial charge on any atom is -0.322 e. The number of benzene rings is 2. The molecule has 0 aliphatic carbocycles. The Bertz CT molecular complexity index is 793. The highest BCUT2D eigenvalue weighted by atomic mass is 35.5. The fraction of sp³-hybridized carbons (Fsp3) is 0.235. The fourth-order valence-corrected chi connectivity index (χ4v) is 2.71. The highest BCUT2D eigenvalue weighted by Gasteiger charge is 2.15. The second-order valence-corrected chi connectivity index (χ2v) is 5.95. The maximum absolute atomic E-state index is 13.4. The Balaban J connectivity index is 2.14. The standard InChI is InChI=1S/C17H16ClFN2/c1-11-6-7-15-16(8-11)21(17(20-15)12(2)18)10-13-4-3-5-14(19)9-13/h3-9,12H,10H2,1-2H3. The Kier molecular flexibility index (Phi) is 3.68. The third-order valence-electron chi connectivity index (χ3n) is 3.52. The maximum Gasteiger partial charge on any atom is 0.128 e. The molecule has 1 unspecified atom stereocenters. The number of halogens is 2. The molecule has 0 aliphatic heterocycles. The molecule has 2 nitrogen and oxygen atoms in total. The predicted molar refractivity (Wildman–Crippen MR) is 84.2 cm³/mol. The van der Waals surface area contributed by atoms with Gasteiger partial charge >= 0.3 is 0 Å². The van der Waals surface area contributed by atoms with Crippen LogP contribution in [0.15, 0.2) is 42.5 Å². The minimum atomic E-state index is -0.228. The van der Waals surface area contributed by atoms with Crippen LogP contribution in [-0.4, -0.2) is 9.55 Å². The van der Waals surface area contributed by atoms with E-state index in [4.69, 9.17) is 11.6 Å². The van der Waals surface area contributed by atoms with Gasteiger partial charge in [0.05, 0.1) is 16.4 Å². The number of imidazole rings is 1. The van der Waals surface area contributed by atoms with Gasteiger partial charge in [0.1, 0.15) is 11.6 Å². The Morgan fingerprint density at radius 3 is 2.76 bits per heavy atom. The smallest absolute Gasteiger partial charge is 0.128 e. The first-order chi connectivity index (χ1) is 10.0. The van der Waals surface area contributed by atoms with Gasteiger partial charge in [-0.05, 0) is 49.2 Å². The van der Waals surface area contributed by atoms with E-state index in [-0.39, 0.29) is 11.2 Å². The van der Waals surface area contributed by atoms with Gasteiger partial charge < -0.3 is 4.57 Å². The molecule has 0 radical (unpaired) electrons. The van der Waals surface area contributed by atoms with Gasteiger partial charge in [0, 0.05) is 6.54 Å². The van der Waals surface area contributed by atoms with E-state index < -0.39 is 0 Å². The third-order valence-corrected chi connectivity index (χ3v) is 3.71. The van der Waals surface area contributed by atoms with Crippen LogP contribution >= 0.6 is 11.6 Å². The van der Waals surface area contributed by atoms with Crippen molar-refractivity contribution in [2.75, 3.05) is 0 Å². The molecule has 0 saturated heterocycles. The number of fused-ring (bicyclic) bond motifs is 1. The van der Waals surface area contributed by atoms with Crippen LogP contribution in [0, 0.1) is 12.7 Å². The molecule has 108 valence electrons. The van der Waals surface area contributed by atoms with Gasteiger partial charge in [0.25, 0.3) is 0 Å². The number of aromatic nitrogens is 2. The van der Waals surface area contributed by atoms with Gasteiger partial charge in [-0.1, -0.05) is 18.2 Å². The highest BCUT2D eigenvalue weighted by molar-refractivity contribution is 6.20. The fourth-order valence-electron chi connectivity index (χ4n) is 2.54. The lowest BCUT2D eigenvalue weighted by atomic mass is 10.2. The van der Waals surface area contributed by atoms with Crippen LogP contribution in [0.4, 0.5) is 4.39 Å². The van der Waals surface area contributed by atoms with Crippen molar-refractivity contribution in [3.8, 4) is 0 Å². The lowest BCUT2D eigenvalue weighted by molar-refractivity contribution is 0.623. The Hall–Kier alpha value is -1.87. The molecule has 0 spiro atoms. The zero-order valence-electron chi connectivity index (χ0n) is 12.0. The van der Waals surface area contributed by atoms with Gasteiger partial charge in [-0.2, -0.15) is 0 Å². The van der Waals surface area contributed by atoms with Crippen LogP contribution < -0.4 is 0 Å². The number of nitrogens with zero attached hydrogens (tertiary/aromatic N) is 2. The van der Waals surface area contributed by atoms with Crippen LogP contribution in [0.5, 0.6) is 0 Å². The summed E-state index contributed by atoms with van der Waals surface area (Å²) in [5.74, 6) is 0.579. The topological polar surface area (TPSA) is 17.8 Å². The summed E-state index contributed by atoms with van der Waals surface area (Å²) in [5, 5.41) is -0.203. The number of hydrogen-bond acceptors (Lipinski definition) is 1. The zero-order valence-corrected chi connectivity index (χ0v) is 12.7. The van der Waals surface area contributed by atoms with Crippen molar-refractivity contribution in [1.29, 1.82) is 0 Å². The summed E-state index contributed by atoms with van der Waals surface area (Å²) >= 11 is 6.26. The van der Waals surface area contributed by atoms with E-state index in [2.05, 4.69) is 15.6 Å². The van der Waals surface area contributed by atoms with Crippen LogP contribution in [0.2, 0.25) is 0 Å². The van der Waals surface area contributed by atoms with Gasteiger partial charge in [-0.15, -0.1) is 11.6 Å². The third kappa shape index (κ3) is 2.79. The van der Waals surface area contributed by atoms with Crippen molar-refractivity contribution in [3.63, 3.8) is 0 Å². The zero-order chi connectivity index (χ0) is 15.0. The summed E-state index contributed by atoms with van der Waals surface area (Å²) in [7, 11) is 0. The maximum atomic E-state index is 13.4. The van der Waals surface area contributed by atoms with Crippen molar-refractivity contribution in [1.82, 2.24) is 9.55 Å². The summed E-state index contributed by atoms with van der Waals surface area (Å²) in [5.41, 5.74) is 4.01.